The molecule has 1 N–H and O–H groups in total. The van der Waals surface area contributed by atoms with Crippen LogP contribution >= 0.6 is 0 Å². The van der Waals surface area contributed by atoms with Crippen molar-refractivity contribution in [3.8, 4) is 0 Å². The van der Waals surface area contributed by atoms with Gasteiger partial charge in [0.05, 0.1) is 5.69 Å². The van der Waals surface area contributed by atoms with Crippen LogP contribution in [0.25, 0.3) is 0 Å². The van der Waals surface area contributed by atoms with Crippen molar-refractivity contribution in [2.24, 2.45) is 24.8 Å². The standard InChI is InChI=1S/C15H25N3/c1-4-13-8-14(18(3)17-13)9-15(16-2)12-6-10-5-11(10)7-12/h8,10-12,15-16H,4-7,9H2,1-3H3. The van der Waals surface area contributed by atoms with Gasteiger partial charge < -0.3 is 5.32 Å². The summed E-state index contributed by atoms with van der Waals surface area (Å²) in [5.74, 6) is 3.03. The summed E-state index contributed by atoms with van der Waals surface area (Å²) in [6.07, 6.45) is 6.58. The van der Waals surface area contributed by atoms with Crippen LogP contribution in [0, 0.1) is 17.8 Å². The molecule has 2 aliphatic carbocycles. The van der Waals surface area contributed by atoms with Crippen molar-refractivity contribution >= 4 is 0 Å². The maximum Gasteiger partial charge on any atom is 0.0624 e. The molecule has 3 atom stereocenters. The number of hydrogen-bond donors (Lipinski definition) is 1. The fourth-order valence-corrected chi connectivity index (χ4v) is 3.76. The Labute approximate surface area is 110 Å². The van der Waals surface area contributed by atoms with Gasteiger partial charge in [-0.05, 0) is 56.6 Å². The highest BCUT2D eigenvalue weighted by Gasteiger charge is 2.47. The molecule has 0 radical (unpaired) electrons. The molecule has 1 aromatic heterocycles. The molecule has 2 saturated carbocycles. The van der Waals surface area contributed by atoms with Crippen LogP contribution in [-0.2, 0) is 19.9 Å². The van der Waals surface area contributed by atoms with Crippen LogP contribution in [0.2, 0.25) is 0 Å². The molecule has 0 amide bonds. The zero-order valence-corrected chi connectivity index (χ0v) is 11.8. The van der Waals surface area contributed by atoms with Crippen LogP contribution in [0.4, 0.5) is 0 Å². The highest BCUT2D eigenvalue weighted by molar-refractivity contribution is 5.12. The van der Waals surface area contributed by atoms with Crippen LogP contribution in [0.1, 0.15) is 37.6 Å². The van der Waals surface area contributed by atoms with E-state index < -0.39 is 0 Å². The van der Waals surface area contributed by atoms with Gasteiger partial charge in [0.25, 0.3) is 0 Å². The van der Waals surface area contributed by atoms with Crippen molar-refractivity contribution < 1.29 is 0 Å². The summed E-state index contributed by atoms with van der Waals surface area (Å²) in [6, 6.07) is 2.91. The topological polar surface area (TPSA) is 29.9 Å². The average molecular weight is 247 g/mol. The minimum Gasteiger partial charge on any atom is -0.316 e. The monoisotopic (exact) mass is 247 g/mol. The van der Waals surface area contributed by atoms with E-state index in [0.717, 1.165) is 30.6 Å². The van der Waals surface area contributed by atoms with Gasteiger partial charge in [-0.15, -0.1) is 0 Å². The maximum absolute atomic E-state index is 4.56. The van der Waals surface area contributed by atoms with E-state index >= 15 is 0 Å². The molecule has 18 heavy (non-hydrogen) atoms. The van der Waals surface area contributed by atoms with Gasteiger partial charge in [0.1, 0.15) is 0 Å². The predicted molar refractivity (Wildman–Crippen MR) is 73.5 cm³/mol. The van der Waals surface area contributed by atoms with E-state index in [1.807, 2.05) is 0 Å². The molecule has 2 aliphatic rings. The fourth-order valence-electron chi connectivity index (χ4n) is 3.76. The molecular formula is C15H25N3. The van der Waals surface area contributed by atoms with Crippen LogP contribution in [0.15, 0.2) is 6.07 Å². The van der Waals surface area contributed by atoms with E-state index in [9.17, 15) is 0 Å². The molecule has 2 fully saturated rings. The Morgan fingerprint density at radius 3 is 2.67 bits per heavy atom. The number of rotatable bonds is 5. The first-order valence-electron chi connectivity index (χ1n) is 7.40. The quantitative estimate of drug-likeness (QED) is 0.864. The number of fused-ring (bicyclic) bond motifs is 1. The summed E-state index contributed by atoms with van der Waals surface area (Å²) in [7, 11) is 4.19. The van der Waals surface area contributed by atoms with Crippen molar-refractivity contribution in [2.45, 2.75) is 45.1 Å². The first-order chi connectivity index (χ1) is 8.71. The molecule has 1 heterocycles. The Balaban J connectivity index is 1.66. The lowest BCUT2D eigenvalue weighted by atomic mass is 9.91. The second-order valence-corrected chi connectivity index (χ2v) is 6.19. The maximum atomic E-state index is 4.56. The van der Waals surface area contributed by atoms with Gasteiger partial charge in [0.2, 0.25) is 0 Å². The molecule has 1 aromatic rings. The second kappa shape index (κ2) is 4.69. The highest BCUT2D eigenvalue weighted by Crippen LogP contribution is 2.55. The molecule has 3 nitrogen and oxygen atoms in total. The summed E-state index contributed by atoms with van der Waals surface area (Å²) in [4.78, 5) is 0. The highest BCUT2D eigenvalue weighted by atomic mass is 15.3. The number of hydrogen-bond acceptors (Lipinski definition) is 2. The lowest BCUT2D eigenvalue weighted by Gasteiger charge is -2.24. The Morgan fingerprint density at radius 1 is 1.39 bits per heavy atom. The zero-order valence-electron chi connectivity index (χ0n) is 11.8. The molecule has 3 unspecified atom stereocenters. The van der Waals surface area contributed by atoms with Gasteiger partial charge in [-0.1, -0.05) is 6.92 Å². The van der Waals surface area contributed by atoms with E-state index in [4.69, 9.17) is 0 Å². The second-order valence-electron chi connectivity index (χ2n) is 6.19. The SMILES string of the molecule is CCc1cc(CC(NC)C2CC3CC3C2)n(C)n1. The third-order valence-electron chi connectivity index (χ3n) is 5.04. The molecule has 0 spiro atoms. The molecule has 0 saturated heterocycles. The third-order valence-corrected chi connectivity index (χ3v) is 5.04. The van der Waals surface area contributed by atoms with Gasteiger partial charge in [-0.25, -0.2) is 0 Å². The number of nitrogens with zero attached hydrogens (tertiary/aromatic N) is 2. The van der Waals surface area contributed by atoms with Gasteiger partial charge >= 0.3 is 0 Å². The van der Waals surface area contributed by atoms with E-state index in [0.29, 0.717) is 6.04 Å². The Bertz CT molecular complexity index is 413. The number of aromatic nitrogens is 2. The lowest BCUT2D eigenvalue weighted by molar-refractivity contribution is 0.344. The smallest absolute Gasteiger partial charge is 0.0624 e. The van der Waals surface area contributed by atoms with Gasteiger partial charge in [-0.2, -0.15) is 5.10 Å². The van der Waals surface area contributed by atoms with Crippen LogP contribution in [0.3, 0.4) is 0 Å². The Hall–Kier alpha value is -0.830. The zero-order chi connectivity index (χ0) is 12.7. The van der Waals surface area contributed by atoms with E-state index in [1.54, 1.807) is 0 Å². The van der Waals surface area contributed by atoms with Crippen LogP contribution < -0.4 is 5.32 Å². The van der Waals surface area contributed by atoms with E-state index in [-0.39, 0.29) is 0 Å². The van der Waals surface area contributed by atoms with E-state index in [1.165, 1.54) is 30.7 Å². The molecule has 0 aliphatic heterocycles. The minimum atomic E-state index is 0.637. The van der Waals surface area contributed by atoms with E-state index in [2.05, 4.69) is 42.2 Å². The van der Waals surface area contributed by atoms with Crippen molar-refractivity contribution in [1.82, 2.24) is 15.1 Å². The van der Waals surface area contributed by atoms with Crippen LogP contribution in [0.5, 0.6) is 0 Å². The lowest BCUT2D eigenvalue weighted by Crippen LogP contribution is -2.35. The first-order valence-corrected chi connectivity index (χ1v) is 7.40. The van der Waals surface area contributed by atoms with Crippen molar-refractivity contribution in [1.29, 1.82) is 0 Å². The molecule has 3 heteroatoms. The fraction of sp³-hybridized carbons (Fsp3) is 0.800. The molecular weight excluding hydrogens is 222 g/mol. The van der Waals surface area contributed by atoms with Crippen molar-refractivity contribution in [3.05, 3.63) is 17.5 Å². The van der Waals surface area contributed by atoms with Gasteiger partial charge in [0, 0.05) is 25.2 Å². The molecule has 0 bridgehead atoms. The number of aryl methyl sites for hydroxylation is 2. The summed E-state index contributed by atoms with van der Waals surface area (Å²) in [5, 5.41) is 8.10. The first kappa shape index (κ1) is 12.2. The summed E-state index contributed by atoms with van der Waals surface area (Å²) in [6.45, 7) is 2.17. The Kier molecular flexibility index (Phi) is 3.18. The third kappa shape index (κ3) is 2.20. The summed E-state index contributed by atoms with van der Waals surface area (Å²) >= 11 is 0. The van der Waals surface area contributed by atoms with Gasteiger partial charge in [0.15, 0.2) is 0 Å². The predicted octanol–water partition coefficient (Wildman–Crippen LogP) is 2.16. The number of likely N-dealkylation sites (N-methyl/N-ethyl adjacent to an activating group) is 1. The van der Waals surface area contributed by atoms with Crippen molar-refractivity contribution in [2.75, 3.05) is 7.05 Å². The normalized spacial score (nSPS) is 31.4. The summed E-state index contributed by atoms with van der Waals surface area (Å²) in [5.41, 5.74) is 2.60. The molecule has 3 rings (SSSR count). The van der Waals surface area contributed by atoms with Crippen LogP contribution in [-0.4, -0.2) is 22.9 Å². The molecule has 100 valence electrons. The molecule has 0 aromatic carbocycles. The van der Waals surface area contributed by atoms with Gasteiger partial charge in [-0.3, -0.25) is 4.68 Å². The van der Waals surface area contributed by atoms with Crippen molar-refractivity contribution in [3.63, 3.8) is 0 Å². The largest absolute Gasteiger partial charge is 0.316 e. The Morgan fingerprint density at radius 2 is 2.11 bits per heavy atom. The summed E-state index contributed by atoms with van der Waals surface area (Å²) < 4.78 is 2.07. The average Bonchev–Trinajstić information content (AvgIpc) is 2.83. The minimum absolute atomic E-state index is 0.637. The number of nitrogens with one attached hydrogen (secondary N) is 1.